The van der Waals surface area contributed by atoms with Crippen molar-refractivity contribution in [2.24, 2.45) is 0 Å². The second kappa shape index (κ2) is 7.96. The van der Waals surface area contributed by atoms with Crippen LogP contribution in [0.1, 0.15) is 64.2 Å². The van der Waals surface area contributed by atoms with Gasteiger partial charge in [0.25, 0.3) is 0 Å². The van der Waals surface area contributed by atoms with E-state index in [9.17, 15) is 0 Å². The van der Waals surface area contributed by atoms with E-state index in [0.717, 1.165) is 6.61 Å². The molecule has 2 heteroatoms. The van der Waals surface area contributed by atoms with E-state index in [1.54, 1.807) is 5.57 Å². The third-order valence-electron chi connectivity index (χ3n) is 4.39. The average molecular weight is 251 g/mol. The summed E-state index contributed by atoms with van der Waals surface area (Å²) >= 11 is 0. The maximum absolute atomic E-state index is 5.89. The van der Waals surface area contributed by atoms with E-state index >= 15 is 0 Å². The first kappa shape index (κ1) is 14.1. The monoisotopic (exact) mass is 251 g/mol. The molecule has 0 aromatic rings. The van der Waals surface area contributed by atoms with Crippen LogP contribution < -0.4 is 5.32 Å². The molecule has 2 rings (SSSR count). The normalized spacial score (nSPS) is 28.1. The molecule has 104 valence electrons. The summed E-state index contributed by atoms with van der Waals surface area (Å²) in [6.07, 6.45) is 16.2. The van der Waals surface area contributed by atoms with Gasteiger partial charge in [0.15, 0.2) is 0 Å². The highest BCUT2D eigenvalue weighted by molar-refractivity contribution is 5.12. The first-order chi connectivity index (χ1) is 8.90. The molecular weight excluding hydrogens is 222 g/mol. The van der Waals surface area contributed by atoms with E-state index < -0.39 is 0 Å². The van der Waals surface area contributed by atoms with Crippen LogP contribution >= 0.6 is 0 Å². The lowest BCUT2D eigenvalue weighted by Gasteiger charge is -2.29. The lowest BCUT2D eigenvalue weighted by Crippen LogP contribution is -2.34. The van der Waals surface area contributed by atoms with Crippen LogP contribution in [0.4, 0.5) is 0 Å². The molecule has 1 saturated heterocycles. The Labute approximate surface area is 112 Å². The van der Waals surface area contributed by atoms with E-state index in [1.807, 2.05) is 0 Å². The summed E-state index contributed by atoms with van der Waals surface area (Å²) in [7, 11) is 2.10. The molecule has 1 aliphatic carbocycles. The van der Waals surface area contributed by atoms with Gasteiger partial charge in [-0.15, -0.1) is 0 Å². The standard InChI is InChI=1S/C16H29NO/c1-17-16(13-15-11-7-8-12-18-15)14-9-5-3-2-4-6-10-14/h9,15-17H,2-8,10-13H2,1H3. The van der Waals surface area contributed by atoms with Crippen molar-refractivity contribution in [3.63, 3.8) is 0 Å². The quantitative estimate of drug-likeness (QED) is 0.767. The summed E-state index contributed by atoms with van der Waals surface area (Å²) in [4.78, 5) is 0. The molecule has 1 aliphatic heterocycles. The van der Waals surface area contributed by atoms with Gasteiger partial charge >= 0.3 is 0 Å². The molecular formula is C16H29NO. The Kier molecular flexibility index (Phi) is 6.22. The molecule has 0 bridgehead atoms. The minimum atomic E-state index is 0.488. The Morgan fingerprint density at radius 2 is 2.11 bits per heavy atom. The molecule has 0 aromatic heterocycles. The van der Waals surface area contributed by atoms with Crippen LogP contribution in [0.15, 0.2) is 11.6 Å². The highest BCUT2D eigenvalue weighted by Crippen LogP contribution is 2.24. The molecule has 2 unspecified atom stereocenters. The second-order valence-corrected chi connectivity index (χ2v) is 5.80. The molecule has 18 heavy (non-hydrogen) atoms. The number of hydrogen-bond acceptors (Lipinski definition) is 2. The van der Waals surface area contributed by atoms with Gasteiger partial charge in [-0.2, -0.15) is 0 Å². The zero-order valence-corrected chi connectivity index (χ0v) is 11.9. The first-order valence-electron chi connectivity index (χ1n) is 7.88. The van der Waals surface area contributed by atoms with Crippen LogP contribution in [0.25, 0.3) is 0 Å². The van der Waals surface area contributed by atoms with Crippen LogP contribution in [0.5, 0.6) is 0 Å². The Balaban J connectivity index is 1.88. The molecule has 2 atom stereocenters. The van der Waals surface area contributed by atoms with E-state index in [1.165, 1.54) is 64.2 Å². The molecule has 0 aromatic carbocycles. The Hall–Kier alpha value is -0.340. The van der Waals surface area contributed by atoms with Crippen molar-refractivity contribution in [1.82, 2.24) is 5.32 Å². The lowest BCUT2D eigenvalue weighted by molar-refractivity contribution is 0.00744. The summed E-state index contributed by atoms with van der Waals surface area (Å²) in [5, 5.41) is 3.52. The number of ether oxygens (including phenoxy) is 1. The van der Waals surface area contributed by atoms with E-state index in [0.29, 0.717) is 12.1 Å². The van der Waals surface area contributed by atoms with Gasteiger partial charge in [-0.25, -0.2) is 0 Å². The molecule has 2 aliphatic rings. The highest BCUT2D eigenvalue weighted by atomic mass is 16.5. The average Bonchev–Trinajstić information content (AvgIpc) is 2.37. The maximum atomic E-state index is 5.89. The zero-order valence-electron chi connectivity index (χ0n) is 11.9. The van der Waals surface area contributed by atoms with Gasteiger partial charge in [0.05, 0.1) is 6.10 Å². The van der Waals surface area contributed by atoms with Crippen LogP contribution in [-0.2, 0) is 4.74 Å². The van der Waals surface area contributed by atoms with E-state index in [2.05, 4.69) is 18.4 Å². The van der Waals surface area contributed by atoms with Crippen LogP contribution in [0.2, 0.25) is 0 Å². The van der Waals surface area contributed by atoms with Crippen molar-refractivity contribution < 1.29 is 4.74 Å². The van der Waals surface area contributed by atoms with Crippen LogP contribution in [0, 0.1) is 0 Å². The van der Waals surface area contributed by atoms with Crippen molar-refractivity contribution in [2.45, 2.75) is 76.4 Å². The summed E-state index contributed by atoms with van der Waals surface area (Å²) < 4.78 is 5.89. The number of rotatable bonds is 4. The van der Waals surface area contributed by atoms with Gasteiger partial charge in [-0.05, 0) is 58.4 Å². The fraction of sp³-hybridized carbons (Fsp3) is 0.875. The summed E-state index contributed by atoms with van der Waals surface area (Å²) in [5.41, 5.74) is 1.64. The van der Waals surface area contributed by atoms with Crippen LogP contribution in [0.3, 0.4) is 0 Å². The minimum absolute atomic E-state index is 0.488. The molecule has 0 saturated carbocycles. The van der Waals surface area contributed by atoms with E-state index in [4.69, 9.17) is 4.74 Å². The third kappa shape index (κ3) is 4.40. The molecule has 0 amide bonds. The number of nitrogens with one attached hydrogen (secondary N) is 1. The molecule has 0 radical (unpaired) electrons. The lowest BCUT2D eigenvalue weighted by atomic mass is 9.90. The fourth-order valence-corrected chi connectivity index (χ4v) is 3.24. The molecule has 2 nitrogen and oxygen atoms in total. The summed E-state index contributed by atoms with van der Waals surface area (Å²) in [6.45, 7) is 0.972. The number of likely N-dealkylation sites (N-methyl/N-ethyl adjacent to an activating group) is 1. The van der Waals surface area contributed by atoms with Gasteiger partial charge in [0.2, 0.25) is 0 Å². The Morgan fingerprint density at radius 3 is 2.89 bits per heavy atom. The minimum Gasteiger partial charge on any atom is -0.378 e. The van der Waals surface area contributed by atoms with Gasteiger partial charge in [-0.3, -0.25) is 0 Å². The Morgan fingerprint density at radius 1 is 1.22 bits per heavy atom. The number of hydrogen-bond donors (Lipinski definition) is 1. The number of allylic oxidation sites excluding steroid dienone is 1. The summed E-state index contributed by atoms with van der Waals surface area (Å²) in [5.74, 6) is 0. The topological polar surface area (TPSA) is 21.3 Å². The molecule has 1 N–H and O–H groups in total. The highest BCUT2D eigenvalue weighted by Gasteiger charge is 2.21. The molecule has 1 heterocycles. The molecule has 1 fully saturated rings. The Bertz CT molecular complexity index is 256. The van der Waals surface area contributed by atoms with Gasteiger partial charge in [-0.1, -0.05) is 24.5 Å². The second-order valence-electron chi connectivity index (χ2n) is 5.80. The zero-order chi connectivity index (χ0) is 12.6. The predicted molar refractivity (Wildman–Crippen MR) is 76.8 cm³/mol. The van der Waals surface area contributed by atoms with Crippen molar-refractivity contribution >= 4 is 0 Å². The molecule has 0 spiro atoms. The smallest absolute Gasteiger partial charge is 0.0593 e. The van der Waals surface area contributed by atoms with Crippen molar-refractivity contribution in [1.29, 1.82) is 0 Å². The fourth-order valence-electron chi connectivity index (χ4n) is 3.24. The third-order valence-corrected chi connectivity index (χ3v) is 4.39. The maximum Gasteiger partial charge on any atom is 0.0593 e. The van der Waals surface area contributed by atoms with Gasteiger partial charge in [0.1, 0.15) is 0 Å². The van der Waals surface area contributed by atoms with Crippen molar-refractivity contribution in [3.8, 4) is 0 Å². The summed E-state index contributed by atoms with van der Waals surface area (Å²) in [6, 6.07) is 0.547. The SMILES string of the molecule is CNC(CC1CCCCO1)C1=CCCCCCC1. The van der Waals surface area contributed by atoms with E-state index in [-0.39, 0.29) is 0 Å². The van der Waals surface area contributed by atoms with Crippen molar-refractivity contribution in [2.75, 3.05) is 13.7 Å². The largest absolute Gasteiger partial charge is 0.378 e. The predicted octanol–water partition coefficient (Wildman–Crippen LogP) is 3.81. The van der Waals surface area contributed by atoms with Crippen molar-refractivity contribution in [3.05, 3.63) is 11.6 Å². The van der Waals surface area contributed by atoms with Crippen LogP contribution in [-0.4, -0.2) is 25.8 Å². The van der Waals surface area contributed by atoms with Gasteiger partial charge < -0.3 is 10.1 Å². The van der Waals surface area contributed by atoms with Gasteiger partial charge in [0, 0.05) is 12.6 Å². The first-order valence-corrected chi connectivity index (χ1v) is 7.88.